The van der Waals surface area contributed by atoms with Crippen molar-refractivity contribution < 1.29 is 9.77 Å². The van der Waals surface area contributed by atoms with Gasteiger partial charge in [-0.2, -0.15) is 4.57 Å². The minimum atomic E-state index is 0.865. The lowest BCUT2D eigenvalue weighted by atomic mass is 10.2. The average molecular weight is 199 g/mol. The third kappa shape index (κ3) is 2.20. The Morgan fingerprint density at radius 1 is 1.00 bits per heavy atom. The highest BCUT2D eigenvalue weighted by molar-refractivity contribution is 5.78. The Hall–Kier alpha value is -2.16. The van der Waals surface area contributed by atoms with E-state index in [2.05, 4.69) is 5.16 Å². The summed E-state index contributed by atoms with van der Waals surface area (Å²) >= 11 is 0. The molecule has 1 aromatic carbocycles. The Morgan fingerprint density at radius 2 is 1.67 bits per heavy atom. The van der Waals surface area contributed by atoms with E-state index in [-0.39, 0.29) is 0 Å². The van der Waals surface area contributed by atoms with Crippen molar-refractivity contribution in [2.45, 2.75) is 0 Å². The molecule has 3 nitrogen and oxygen atoms in total. The van der Waals surface area contributed by atoms with Crippen LogP contribution in [0.25, 0.3) is 5.69 Å². The van der Waals surface area contributed by atoms with Gasteiger partial charge in [0.2, 0.25) is 5.69 Å². The van der Waals surface area contributed by atoms with Crippen LogP contribution in [0, 0.1) is 0 Å². The first kappa shape index (κ1) is 9.40. The van der Waals surface area contributed by atoms with Gasteiger partial charge in [-0.15, -0.1) is 0 Å². The van der Waals surface area contributed by atoms with Crippen LogP contribution in [0.1, 0.15) is 5.56 Å². The van der Waals surface area contributed by atoms with E-state index in [0.29, 0.717) is 0 Å². The molecule has 0 amide bonds. The Labute approximate surface area is 87.9 Å². The highest BCUT2D eigenvalue weighted by atomic mass is 16.4. The van der Waals surface area contributed by atoms with E-state index in [1.54, 1.807) is 0 Å². The number of para-hydroxylation sites is 1. The predicted octanol–water partition coefficient (Wildman–Crippen LogP) is 1.77. The maximum Gasteiger partial charge on any atom is 0.210 e. The molecular weight excluding hydrogens is 188 g/mol. The highest BCUT2D eigenvalue weighted by Gasteiger charge is 2.02. The normalized spacial score (nSPS) is 10.7. The van der Waals surface area contributed by atoms with Gasteiger partial charge in [-0.25, -0.2) is 0 Å². The van der Waals surface area contributed by atoms with Crippen LogP contribution in [-0.4, -0.2) is 11.4 Å². The maximum atomic E-state index is 8.37. The summed E-state index contributed by atoms with van der Waals surface area (Å²) in [5.74, 6) is 0. The van der Waals surface area contributed by atoms with E-state index in [1.807, 2.05) is 59.4 Å². The zero-order valence-electron chi connectivity index (χ0n) is 8.12. The topological polar surface area (TPSA) is 36.5 Å². The molecule has 2 rings (SSSR count). The molecule has 1 aromatic heterocycles. The second-order valence-electron chi connectivity index (χ2n) is 3.12. The van der Waals surface area contributed by atoms with Crippen molar-refractivity contribution in [1.29, 1.82) is 0 Å². The number of oxime groups is 1. The van der Waals surface area contributed by atoms with Gasteiger partial charge in [-0.1, -0.05) is 23.4 Å². The first-order chi connectivity index (χ1) is 7.40. The monoisotopic (exact) mass is 199 g/mol. The van der Waals surface area contributed by atoms with Crippen molar-refractivity contribution in [2.75, 3.05) is 0 Å². The molecule has 0 saturated heterocycles. The lowest BCUT2D eigenvalue weighted by Crippen LogP contribution is -2.29. The SMILES string of the molecule is O/N=C/c1cc[n+](-c2ccccc2)cc1. The number of hydrogen-bond donors (Lipinski definition) is 1. The van der Waals surface area contributed by atoms with Crippen molar-refractivity contribution in [3.8, 4) is 5.69 Å². The van der Waals surface area contributed by atoms with Crippen LogP contribution >= 0.6 is 0 Å². The highest BCUT2D eigenvalue weighted by Crippen LogP contribution is 1.98. The summed E-state index contributed by atoms with van der Waals surface area (Å²) in [6.07, 6.45) is 5.24. The first-order valence-corrected chi connectivity index (χ1v) is 4.64. The van der Waals surface area contributed by atoms with Crippen LogP contribution in [0.2, 0.25) is 0 Å². The Balaban J connectivity index is 2.32. The summed E-state index contributed by atoms with van der Waals surface area (Å²) < 4.78 is 1.99. The molecule has 1 N–H and O–H groups in total. The van der Waals surface area contributed by atoms with Crippen molar-refractivity contribution in [2.24, 2.45) is 5.16 Å². The fraction of sp³-hybridized carbons (Fsp3) is 0. The van der Waals surface area contributed by atoms with Crippen LogP contribution in [0.4, 0.5) is 0 Å². The molecule has 74 valence electrons. The smallest absolute Gasteiger partial charge is 0.210 e. The number of benzene rings is 1. The van der Waals surface area contributed by atoms with Gasteiger partial charge in [0.05, 0.1) is 6.21 Å². The molecule has 0 aliphatic carbocycles. The number of pyridine rings is 1. The molecule has 0 atom stereocenters. The fourth-order valence-corrected chi connectivity index (χ4v) is 1.36. The average Bonchev–Trinajstić information content (AvgIpc) is 2.32. The molecule has 0 unspecified atom stereocenters. The van der Waals surface area contributed by atoms with Crippen molar-refractivity contribution in [3.05, 3.63) is 60.4 Å². The molecule has 2 aromatic rings. The first-order valence-electron chi connectivity index (χ1n) is 4.64. The molecular formula is C12H11N2O+. The summed E-state index contributed by atoms with van der Waals surface area (Å²) in [6.45, 7) is 0. The summed E-state index contributed by atoms with van der Waals surface area (Å²) in [5.41, 5.74) is 1.97. The lowest BCUT2D eigenvalue weighted by Gasteiger charge is -1.94. The van der Waals surface area contributed by atoms with E-state index in [4.69, 9.17) is 5.21 Å². The second kappa shape index (κ2) is 4.37. The number of nitrogens with zero attached hydrogens (tertiary/aromatic N) is 2. The molecule has 0 aliphatic rings. The van der Waals surface area contributed by atoms with Gasteiger partial charge in [0.25, 0.3) is 0 Å². The van der Waals surface area contributed by atoms with Gasteiger partial charge in [0.1, 0.15) is 0 Å². The van der Waals surface area contributed by atoms with Gasteiger partial charge in [-0.3, -0.25) is 0 Å². The second-order valence-corrected chi connectivity index (χ2v) is 3.12. The van der Waals surface area contributed by atoms with Crippen LogP contribution in [0.3, 0.4) is 0 Å². The Morgan fingerprint density at radius 3 is 2.27 bits per heavy atom. The van der Waals surface area contributed by atoms with Gasteiger partial charge in [0.15, 0.2) is 12.4 Å². The van der Waals surface area contributed by atoms with Crippen LogP contribution in [0.5, 0.6) is 0 Å². The van der Waals surface area contributed by atoms with Gasteiger partial charge >= 0.3 is 0 Å². The lowest BCUT2D eigenvalue weighted by molar-refractivity contribution is -0.595. The number of aromatic nitrogens is 1. The van der Waals surface area contributed by atoms with E-state index >= 15 is 0 Å². The van der Waals surface area contributed by atoms with Crippen molar-refractivity contribution in [1.82, 2.24) is 0 Å². The molecule has 0 bridgehead atoms. The number of hydrogen-bond acceptors (Lipinski definition) is 2. The van der Waals surface area contributed by atoms with E-state index in [1.165, 1.54) is 6.21 Å². The van der Waals surface area contributed by atoms with Crippen LogP contribution < -0.4 is 4.57 Å². The fourth-order valence-electron chi connectivity index (χ4n) is 1.36. The molecule has 1 heterocycles. The van der Waals surface area contributed by atoms with Crippen LogP contribution in [-0.2, 0) is 0 Å². The summed E-state index contributed by atoms with van der Waals surface area (Å²) in [6, 6.07) is 13.8. The van der Waals surface area contributed by atoms with Gasteiger partial charge in [-0.05, 0) is 0 Å². The zero-order chi connectivity index (χ0) is 10.5. The Bertz CT molecular complexity index is 449. The molecule has 3 heteroatoms. The maximum absolute atomic E-state index is 8.37. The molecule has 0 fully saturated rings. The van der Waals surface area contributed by atoms with E-state index < -0.39 is 0 Å². The zero-order valence-corrected chi connectivity index (χ0v) is 8.12. The Kier molecular flexibility index (Phi) is 2.74. The van der Waals surface area contributed by atoms with Crippen molar-refractivity contribution >= 4 is 6.21 Å². The standard InChI is InChI=1S/C12H10N2O/c15-13-10-11-6-8-14(9-7-11)12-4-2-1-3-5-12/h1-10H/p+1. The third-order valence-electron chi connectivity index (χ3n) is 2.12. The predicted molar refractivity (Wildman–Crippen MR) is 57.4 cm³/mol. The minimum Gasteiger partial charge on any atom is -0.411 e. The summed E-state index contributed by atoms with van der Waals surface area (Å²) in [7, 11) is 0. The molecule has 0 radical (unpaired) electrons. The largest absolute Gasteiger partial charge is 0.411 e. The third-order valence-corrected chi connectivity index (χ3v) is 2.12. The van der Waals surface area contributed by atoms with E-state index in [0.717, 1.165) is 11.3 Å². The van der Waals surface area contributed by atoms with Crippen molar-refractivity contribution in [3.63, 3.8) is 0 Å². The minimum absolute atomic E-state index is 0.865. The van der Waals surface area contributed by atoms with Gasteiger partial charge in [0, 0.05) is 29.8 Å². The quantitative estimate of drug-likeness (QED) is 0.340. The molecule has 0 spiro atoms. The van der Waals surface area contributed by atoms with Gasteiger partial charge < -0.3 is 5.21 Å². The summed E-state index contributed by atoms with van der Waals surface area (Å²) in [5, 5.41) is 11.3. The van der Waals surface area contributed by atoms with E-state index in [9.17, 15) is 0 Å². The molecule has 0 saturated carbocycles. The molecule has 0 aliphatic heterocycles. The van der Waals surface area contributed by atoms with Crippen LogP contribution in [0.15, 0.2) is 60.0 Å². The summed E-state index contributed by atoms with van der Waals surface area (Å²) in [4.78, 5) is 0. The number of rotatable bonds is 2. The molecule has 15 heavy (non-hydrogen) atoms.